The second-order valence-corrected chi connectivity index (χ2v) is 13.4. The third-order valence-corrected chi connectivity index (χ3v) is 9.37. The molecule has 0 bridgehead atoms. The summed E-state index contributed by atoms with van der Waals surface area (Å²) in [5, 5.41) is 37.1. The molecule has 4 nitrogen and oxygen atoms in total. The van der Waals surface area contributed by atoms with E-state index in [1.54, 1.807) is 0 Å². The Hall–Kier alpha value is -7.60. The maximum absolute atomic E-state index is 14.7. The van der Waals surface area contributed by atoms with Crippen LogP contribution in [0.5, 0.6) is 0 Å². The molecule has 0 saturated heterocycles. The highest BCUT2D eigenvalue weighted by Gasteiger charge is 2.48. The van der Waals surface area contributed by atoms with Crippen LogP contribution in [0.3, 0.4) is 0 Å². The molecule has 0 spiro atoms. The quantitative estimate of drug-likeness (QED) is 0.168. The van der Waals surface area contributed by atoms with Crippen LogP contribution in [-0.4, -0.2) is 0 Å². The normalized spacial score (nSPS) is 13.6. The van der Waals surface area contributed by atoms with E-state index in [1.807, 2.05) is 0 Å². The molecule has 0 atom stereocenters. The molecule has 0 aliphatic carbocycles. The van der Waals surface area contributed by atoms with Gasteiger partial charge in [0.2, 0.25) is 0 Å². The monoisotopic (exact) mass is 952 g/mol. The fourth-order valence-electron chi connectivity index (χ4n) is 6.59. The molecular weight excluding hydrogens is 940 g/mol. The molecule has 0 N–H and O–H groups in total. The Bertz CT molecular complexity index is 2840. The second-order valence-electron chi connectivity index (χ2n) is 13.4. The van der Waals surface area contributed by atoms with E-state index in [1.165, 1.54) is 12.1 Å². The Balaban J connectivity index is 2.32. The molecule has 0 unspecified atom stereocenters. The third kappa shape index (κ3) is 9.58. The third-order valence-electron chi connectivity index (χ3n) is 9.37. The van der Waals surface area contributed by atoms with Gasteiger partial charge in [0, 0.05) is 21.6 Å². The SMILES string of the molecule is N#C/C(c1c(C(F)(F)F)cc(C(F)(F)F)cc1C(F)(F)F)=c1/cc(-c2ccc(F)c(C#N)c2)/c(=C(\C#N)c2c(C(F)(F)F)cc(C(F)(F)F)cc2C(F)(F)F)cc1-c1ccc(F)c(C#N)c1. The van der Waals surface area contributed by atoms with Gasteiger partial charge in [0.05, 0.1) is 55.7 Å². The van der Waals surface area contributed by atoms with Gasteiger partial charge in [-0.15, -0.1) is 0 Å². The van der Waals surface area contributed by atoms with Crippen molar-refractivity contribution in [3.05, 3.63) is 151 Å². The van der Waals surface area contributed by atoms with Crippen molar-refractivity contribution in [1.82, 2.24) is 0 Å². The largest absolute Gasteiger partial charge is 0.417 e. The number of benzene rings is 5. The number of alkyl halides is 18. The van der Waals surface area contributed by atoms with Gasteiger partial charge in [-0.05, 0) is 82.9 Å². The van der Waals surface area contributed by atoms with Crippen LogP contribution in [0.25, 0.3) is 33.4 Å². The maximum atomic E-state index is 14.7. The number of hydrogen-bond acceptors (Lipinski definition) is 4. The highest BCUT2D eigenvalue weighted by Crippen LogP contribution is 2.48. The molecule has 5 aromatic carbocycles. The molecule has 5 aromatic rings. The van der Waals surface area contributed by atoms with Gasteiger partial charge in [-0.2, -0.15) is 100 Å². The van der Waals surface area contributed by atoms with E-state index < -0.39 is 172 Å². The van der Waals surface area contributed by atoms with Gasteiger partial charge >= 0.3 is 37.1 Å². The van der Waals surface area contributed by atoms with Crippen LogP contribution >= 0.6 is 0 Å². The molecule has 0 aliphatic heterocycles. The van der Waals surface area contributed by atoms with Crippen molar-refractivity contribution in [2.45, 2.75) is 37.1 Å². The summed E-state index contributed by atoms with van der Waals surface area (Å²) in [6.45, 7) is 0. The van der Waals surface area contributed by atoms with E-state index in [0.29, 0.717) is 36.4 Å². The zero-order valence-electron chi connectivity index (χ0n) is 31.3. The van der Waals surface area contributed by atoms with Crippen molar-refractivity contribution in [3.63, 3.8) is 0 Å². The fourth-order valence-corrected chi connectivity index (χ4v) is 6.59. The Labute approximate surface area is 354 Å². The average Bonchev–Trinajstić information content (AvgIpc) is 3.19. The zero-order valence-corrected chi connectivity index (χ0v) is 31.3. The van der Waals surface area contributed by atoms with E-state index in [-0.39, 0.29) is 12.1 Å². The summed E-state index contributed by atoms with van der Waals surface area (Å²) in [6, 6.07) is 4.01. The minimum atomic E-state index is -6.24. The molecule has 0 aliphatic rings. The molecule has 0 saturated carbocycles. The predicted molar refractivity (Wildman–Crippen MR) is 185 cm³/mol. The number of rotatable bonds is 4. The van der Waals surface area contributed by atoms with Gasteiger partial charge in [0.1, 0.15) is 35.9 Å². The Kier molecular flexibility index (Phi) is 12.5. The first kappa shape index (κ1) is 49.4. The first-order valence-corrected chi connectivity index (χ1v) is 17.1. The molecule has 24 heteroatoms. The predicted octanol–water partition coefficient (Wildman–Crippen LogP) is 12.6. The molecule has 66 heavy (non-hydrogen) atoms. The summed E-state index contributed by atoms with van der Waals surface area (Å²) in [6.07, 6.45) is -36.8. The number of nitrogens with zero attached hydrogens (tertiary/aromatic N) is 4. The summed E-state index contributed by atoms with van der Waals surface area (Å²) >= 11 is 0. The lowest BCUT2D eigenvalue weighted by atomic mass is 9.84. The fraction of sp³-hybridized carbons (Fsp3) is 0.143. The van der Waals surface area contributed by atoms with Crippen LogP contribution in [0.4, 0.5) is 87.8 Å². The molecule has 5 rings (SSSR count). The van der Waals surface area contributed by atoms with E-state index in [0.717, 1.165) is 12.1 Å². The van der Waals surface area contributed by atoms with E-state index >= 15 is 0 Å². The van der Waals surface area contributed by atoms with Crippen molar-refractivity contribution < 1.29 is 87.8 Å². The van der Waals surface area contributed by atoms with Crippen molar-refractivity contribution in [1.29, 1.82) is 21.0 Å². The topological polar surface area (TPSA) is 95.2 Å². The van der Waals surface area contributed by atoms with Crippen LogP contribution in [0.15, 0.2) is 72.8 Å². The van der Waals surface area contributed by atoms with E-state index in [4.69, 9.17) is 0 Å². The van der Waals surface area contributed by atoms with Crippen LogP contribution in [0.2, 0.25) is 0 Å². The molecule has 0 amide bonds. The minimum Gasteiger partial charge on any atom is -0.206 e. The molecule has 0 radical (unpaired) electrons. The lowest BCUT2D eigenvalue weighted by Gasteiger charge is -2.22. The summed E-state index contributed by atoms with van der Waals surface area (Å²) in [5.74, 6) is -2.86. The van der Waals surface area contributed by atoms with Crippen LogP contribution in [0, 0.1) is 57.0 Å². The molecule has 0 fully saturated rings. The van der Waals surface area contributed by atoms with Crippen molar-refractivity contribution in [2.24, 2.45) is 0 Å². The van der Waals surface area contributed by atoms with Gasteiger partial charge in [0.15, 0.2) is 0 Å². The van der Waals surface area contributed by atoms with Gasteiger partial charge in [-0.3, -0.25) is 0 Å². The highest BCUT2D eigenvalue weighted by atomic mass is 19.4. The lowest BCUT2D eigenvalue weighted by molar-refractivity contribution is -0.151. The maximum Gasteiger partial charge on any atom is 0.417 e. The molecule has 0 heterocycles. The molecule has 0 aromatic heterocycles. The van der Waals surface area contributed by atoms with Crippen LogP contribution in [0.1, 0.15) is 55.6 Å². The average molecular weight is 953 g/mol. The molecular formula is C42H12F20N4. The zero-order chi connectivity index (χ0) is 49.9. The first-order valence-electron chi connectivity index (χ1n) is 17.1. The standard InChI is InChI=1S/C42H12F20N4/c43-33-3-1-17(5-19(33)13-63)23-11-26(28(16-66)36-31(41(57,58)59)9-22(38(48,49)50)10-32(36)42(60,61)62)24(18-2-4-34(44)20(6-18)14-64)12-25(23)27(15-65)35-29(39(51,52)53)7-21(37(45,46)47)8-30(35)40(54,55)56/h1-12H/b27-25+,28-26+. The van der Waals surface area contributed by atoms with Crippen LogP contribution in [-0.2, 0) is 37.1 Å². The van der Waals surface area contributed by atoms with Crippen LogP contribution < -0.4 is 10.4 Å². The number of nitriles is 4. The van der Waals surface area contributed by atoms with Gasteiger partial charge < -0.3 is 0 Å². The molecule has 340 valence electrons. The summed E-state index contributed by atoms with van der Waals surface area (Å²) < 4.78 is 289. The second kappa shape index (κ2) is 16.8. The van der Waals surface area contributed by atoms with E-state index in [9.17, 15) is 109 Å². The Morgan fingerprint density at radius 3 is 0.848 bits per heavy atom. The van der Waals surface area contributed by atoms with Gasteiger partial charge in [-0.1, -0.05) is 12.1 Å². The Morgan fingerprint density at radius 2 is 0.636 bits per heavy atom. The van der Waals surface area contributed by atoms with E-state index in [2.05, 4.69) is 0 Å². The van der Waals surface area contributed by atoms with Gasteiger partial charge in [-0.25, -0.2) is 8.78 Å². The summed E-state index contributed by atoms with van der Waals surface area (Å²) in [4.78, 5) is 0. The van der Waals surface area contributed by atoms with Crippen molar-refractivity contribution in [3.8, 4) is 46.5 Å². The van der Waals surface area contributed by atoms with Crippen molar-refractivity contribution >= 4 is 11.1 Å². The summed E-state index contributed by atoms with van der Waals surface area (Å²) in [5.41, 5.74) is -31.4. The number of hydrogen-bond donors (Lipinski definition) is 0. The number of halogens is 20. The van der Waals surface area contributed by atoms with Gasteiger partial charge in [0.25, 0.3) is 0 Å². The minimum absolute atomic E-state index is 0.174. The van der Waals surface area contributed by atoms with Crippen molar-refractivity contribution in [2.75, 3.05) is 0 Å². The summed E-state index contributed by atoms with van der Waals surface area (Å²) in [7, 11) is 0. The first-order chi connectivity index (χ1) is 30.2. The Morgan fingerprint density at radius 1 is 0.364 bits per heavy atom. The highest BCUT2D eigenvalue weighted by molar-refractivity contribution is 5.90. The smallest absolute Gasteiger partial charge is 0.206 e. The lowest BCUT2D eigenvalue weighted by Crippen LogP contribution is -2.26.